The van der Waals surface area contributed by atoms with Crippen molar-refractivity contribution in [3.05, 3.63) is 29.8 Å². The van der Waals surface area contributed by atoms with Gasteiger partial charge in [-0.1, -0.05) is 32.9 Å². The predicted molar refractivity (Wildman–Crippen MR) is 85.9 cm³/mol. The van der Waals surface area contributed by atoms with Gasteiger partial charge in [-0.3, -0.25) is 0 Å². The van der Waals surface area contributed by atoms with Gasteiger partial charge in [0.25, 0.3) is 0 Å². The predicted octanol–water partition coefficient (Wildman–Crippen LogP) is 4.37. The highest BCUT2D eigenvalue weighted by Gasteiger charge is 2.11. The van der Waals surface area contributed by atoms with Gasteiger partial charge in [-0.15, -0.1) is 0 Å². The van der Waals surface area contributed by atoms with E-state index >= 15 is 0 Å². The minimum atomic E-state index is 0.437. The maximum Gasteiger partial charge on any atom is 0.0366 e. The molecule has 1 aromatic carbocycles. The Bertz CT molecular complexity index is 341. The van der Waals surface area contributed by atoms with E-state index in [-0.39, 0.29) is 0 Å². The summed E-state index contributed by atoms with van der Waals surface area (Å²) in [6, 6.07) is 10.1. The quantitative estimate of drug-likeness (QED) is 0.748. The molecule has 1 unspecified atom stereocenters. The van der Waals surface area contributed by atoms with Gasteiger partial charge < -0.3 is 10.2 Å². The first-order valence-corrected chi connectivity index (χ1v) is 7.70. The Hall–Kier alpha value is -1.02. The molecule has 0 saturated carbocycles. The summed E-state index contributed by atoms with van der Waals surface area (Å²) >= 11 is 0. The standard InChI is InChI=1S/C17H30N2/c1-6-13-18-14(4)15-9-11-17(12-10-15)19(5)16(7-2)8-3/h9-12,14,16,18H,6-8,13H2,1-5H3. The molecule has 1 rings (SSSR count). The summed E-state index contributed by atoms with van der Waals surface area (Å²) in [6.07, 6.45) is 3.58. The molecule has 0 bridgehead atoms. The average molecular weight is 262 g/mol. The molecule has 0 aliphatic carbocycles. The lowest BCUT2D eigenvalue weighted by atomic mass is 10.1. The lowest BCUT2D eigenvalue weighted by Gasteiger charge is -2.28. The van der Waals surface area contributed by atoms with Gasteiger partial charge in [0.15, 0.2) is 0 Å². The Balaban J connectivity index is 2.70. The van der Waals surface area contributed by atoms with E-state index in [0.717, 1.165) is 6.54 Å². The first-order valence-electron chi connectivity index (χ1n) is 7.70. The van der Waals surface area contributed by atoms with Gasteiger partial charge in [0.1, 0.15) is 0 Å². The number of anilines is 1. The van der Waals surface area contributed by atoms with Crippen molar-refractivity contribution < 1.29 is 0 Å². The molecule has 2 heteroatoms. The molecule has 0 fully saturated rings. The van der Waals surface area contributed by atoms with Crippen LogP contribution in [0.3, 0.4) is 0 Å². The van der Waals surface area contributed by atoms with Crippen LogP contribution in [0.15, 0.2) is 24.3 Å². The normalized spacial score (nSPS) is 12.7. The first-order chi connectivity index (χ1) is 9.13. The van der Waals surface area contributed by atoms with Crippen LogP contribution in [0, 0.1) is 0 Å². The summed E-state index contributed by atoms with van der Waals surface area (Å²) in [5.41, 5.74) is 2.69. The summed E-state index contributed by atoms with van der Waals surface area (Å²) < 4.78 is 0. The van der Waals surface area contributed by atoms with Gasteiger partial charge in [0.2, 0.25) is 0 Å². The number of hydrogen-bond acceptors (Lipinski definition) is 2. The fraction of sp³-hybridized carbons (Fsp3) is 0.647. The summed E-state index contributed by atoms with van der Waals surface area (Å²) in [7, 11) is 2.20. The van der Waals surface area contributed by atoms with Crippen LogP contribution in [-0.4, -0.2) is 19.6 Å². The van der Waals surface area contributed by atoms with Crippen LogP contribution in [0.2, 0.25) is 0 Å². The highest BCUT2D eigenvalue weighted by molar-refractivity contribution is 5.48. The number of nitrogens with zero attached hydrogens (tertiary/aromatic N) is 1. The van der Waals surface area contributed by atoms with E-state index in [2.05, 4.69) is 69.2 Å². The van der Waals surface area contributed by atoms with Crippen molar-refractivity contribution in [2.24, 2.45) is 0 Å². The Labute approximate surface area is 119 Å². The van der Waals surface area contributed by atoms with Crippen molar-refractivity contribution in [2.45, 2.75) is 59.0 Å². The largest absolute Gasteiger partial charge is 0.372 e. The Kier molecular flexibility index (Phi) is 6.93. The van der Waals surface area contributed by atoms with Gasteiger partial charge >= 0.3 is 0 Å². The monoisotopic (exact) mass is 262 g/mol. The number of rotatable bonds is 8. The summed E-state index contributed by atoms with van der Waals surface area (Å²) in [6.45, 7) is 10.0. The van der Waals surface area contributed by atoms with Crippen molar-refractivity contribution in [1.82, 2.24) is 5.32 Å². The van der Waals surface area contributed by atoms with Crippen molar-refractivity contribution >= 4 is 5.69 Å². The van der Waals surface area contributed by atoms with Gasteiger partial charge in [-0.05, 0) is 50.4 Å². The van der Waals surface area contributed by atoms with Gasteiger partial charge in [-0.25, -0.2) is 0 Å². The Morgan fingerprint density at radius 2 is 1.63 bits per heavy atom. The average Bonchev–Trinajstić information content (AvgIpc) is 2.46. The second-order valence-electron chi connectivity index (χ2n) is 5.35. The highest BCUT2D eigenvalue weighted by Crippen LogP contribution is 2.21. The zero-order chi connectivity index (χ0) is 14.3. The minimum Gasteiger partial charge on any atom is -0.372 e. The molecule has 0 amide bonds. The van der Waals surface area contributed by atoms with E-state index < -0.39 is 0 Å². The number of nitrogens with one attached hydrogen (secondary N) is 1. The molecular weight excluding hydrogens is 232 g/mol. The van der Waals surface area contributed by atoms with Gasteiger partial charge in [0.05, 0.1) is 0 Å². The summed E-state index contributed by atoms with van der Waals surface area (Å²) in [5, 5.41) is 3.53. The highest BCUT2D eigenvalue weighted by atomic mass is 15.1. The second-order valence-corrected chi connectivity index (χ2v) is 5.35. The SMILES string of the molecule is CCCNC(C)c1ccc(N(C)C(CC)CC)cc1. The van der Waals surface area contributed by atoms with Crippen LogP contribution in [-0.2, 0) is 0 Å². The van der Waals surface area contributed by atoms with Crippen LogP contribution in [0.4, 0.5) is 5.69 Å². The molecule has 1 atom stereocenters. The maximum absolute atomic E-state index is 3.53. The lowest BCUT2D eigenvalue weighted by Crippen LogP contribution is -2.30. The van der Waals surface area contributed by atoms with E-state index in [9.17, 15) is 0 Å². The topological polar surface area (TPSA) is 15.3 Å². The molecule has 0 heterocycles. The zero-order valence-electron chi connectivity index (χ0n) is 13.2. The van der Waals surface area contributed by atoms with E-state index in [1.807, 2.05) is 0 Å². The van der Waals surface area contributed by atoms with Crippen molar-refractivity contribution in [3.8, 4) is 0 Å². The van der Waals surface area contributed by atoms with Crippen LogP contribution < -0.4 is 10.2 Å². The minimum absolute atomic E-state index is 0.437. The number of hydrogen-bond donors (Lipinski definition) is 1. The third kappa shape index (κ3) is 4.54. The van der Waals surface area contributed by atoms with Crippen LogP contribution in [0.1, 0.15) is 58.6 Å². The first kappa shape index (κ1) is 16.0. The fourth-order valence-corrected chi connectivity index (χ4v) is 2.52. The lowest BCUT2D eigenvalue weighted by molar-refractivity contribution is 0.570. The molecule has 1 N–H and O–H groups in total. The number of benzene rings is 1. The van der Waals surface area contributed by atoms with Gasteiger partial charge in [0, 0.05) is 24.8 Å². The van der Waals surface area contributed by atoms with E-state index in [4.69, 9.17) is 0 Å². The van der Waals surface area contributed by atoms with E-state index in [1.165, 1.54) is 30.5 Å². The molecule has 108 valence electrons. The van der Waals surface area contributed by atoms with Crippen molar-refractivity contribution in [1.29, 1.82) is 0 Å². The maximum atomic E-state index is 3.53. The molecular formula is C17H30N2. The molecule has 0 aliphatic rings. The second kappa shape index (κ2) is 8.21. The summed E-state index contributed by atoms with van der Waals surface area (Å²) in [4.78, 5) is 2.40. The smallest absolute Gasteiger partial charge is 0.0366 e. The summed E-state index contributed by atoms with van der Waals surface area (Å²) in [5.74, 6) is 0. The van der Waals surface area contributed by atoms with Crippen molar-refractivity contribution in [2.75, 3.05) is 18.5 Å². The molecule has 0 spiro atoms. The van der Waals surface area contributed by atoms with E-state index in [0.29, 0.717) is 12.1 Å². The molecule has 0 aromatic heterocycles. The molecule has 0 aliphatic heterocycles. The third-order valence-electron chi connectivity index (χ3n) is 3.99. The zero-order valence-corrected chi connectivity index (χ0v) is 13.2. The molecule has 2 nitrogen and oxygen atoms in total. The van der Waals surface area contributed by atoms with Crippen LogP contribution >= 0.6 is 0 Å². The molecule has 1 aromatic rings. The van der Waals surface area contributed by atoms with Crippen LogP contribution in [0.5, 0.6) is 0 Å². The van der Waals surface area contributed by atoms with E-state index in [1.54, 1.807) is 0 Å². The van der Waals surface area contributed by atoms with Crippen LogP contribution in [0.25, 0.3) is 0 Å². The van der Waals surface area contributed by atoms with Gasteiger partial charge in [-0.2, -0.15) is 0 Å². The Morgan fingerprint density at radius 1 is 1.05 bits per heavy atom. The molecule has 19 heavy (non-hydrogen) atoms. The fourth-order valence-electron chi connectivity index (χ4n) is 2.52. The van der Waals surface area contributed by atoms with Crippen molar-refractivity contribution in [3.63, 3.8) is 0 Å². The molecule has 0 radical (unpaired) electrons. The molecule has 0 saturated heterocycles. The third-order valence-corrected chi connectivity index (χ3v) is 3.99. The Morgan fingerprint density at radius 3 is 2.11 bits per heavy atom.